The van der Waals surface area contributed by atoms with Gasteiger partial charge in [-0.1, -0.05) is 35.9 Å². The Kier molecular flexibility index (Phi) is 5.96. The minimum Gasteiger partial charge on any atom is -0.493 e. The normalized spacial score (nSPS) is 10.2. The van der Waals surface area contributed by atoms with Crippen molar-refractivity contribution in [3.8, 4) is 11.5 Å². The Hall–Kier alpha value is -1.65. The number of thioether (sulfide) groups is 1. The summed E-state index contributed by atoms with van der Waals surface area (Å²) >= 11 is 7.59. The van der Waals surface area contributed by atoms with Crippen molar-refractivity contribution < 1.29 is 14.3 Å². The standard InChI is InChI=1S/C16H15ClO3S/c1-19-13-7-3-4-8-14(13)20-16(18)10-11-21-15-9-5-2-6-12(15)17/h2-9H,10-11H2,1H3. The van der Waals surface area contributed by atoms with E-state index in [0.29, 0.717) is 28.7 Å². The van der Waals surface area contributed by atoms with Crippen molar-refractivity contribution in [2.45, 2.75) is 11.3 Å². The lowest BCUT2D eigenvalue weighted by Gasteiger charge is -2.08. The van der Waals surface area contributed by atoms with Crippen LogP contribution < -0.4 is 9.47 Å². The Labute approximate surface area is 133 Å². The number of esters is 1. The average molecular weight is 323 g/mol. The summed E-state index contributed by atoms with van der Waals surface area (Å²) in [7, 11) is 1.54. The van der Waals surface area contributed by atoms with E-state index in [-0.39, 0.29) is 5.97 Å². The number of carbonyl (C=O) groups excluding carboxylic acids is 1. The number of methoxy groups -OCH3 is 1. The fourth-order valence-electron chi connectivity index (χ4n) is 1.68. The first-order valence-corrected chi connectivity index (χ1v) is 7.78. The number of carbonyl (C=O) groups is 1. The molecular weight excluding hydrogens is 308 g/mol. The zero-order chi connectivity index (χ0) is 15.1. The SMILES string of the molecule is COc1ccccc1OC(=O)CCSc1ccccc1Cl. The second-order valence-electron chi connectivity index (χ2n) is 4.15. The van der Waals surface area contributed by atoms with E-state index < -0.39 is 0 Å². The van der Waals surface area contributed by atoms with Crippen molar-refractivity contribution in [2.75, 3.05) is 12.9 Å². The smallest absolute Gasteiger partial charge is 0.312 e. The van der Waals surface area contributed by atoms with E-state index in [1.807, 2.05) is 30.3 Å². The Morgan fingerprint density at radius 2 is 1.76 bits per heavy atom. The molecule has 21 heavy (non-hydrogen) atoms. The summed E-state index contributed by atoms with van der Waals surface area (Å²) in [4.78, 5) is 12.8. The fourth-order valence-corrected chi connectivity index (χ4v) is 2.85. The molecule has 0 aromatic heterocycles. The van der Waals surface area contributed by atoms with Gasteiger partial charge in [0.05, 0.1) is 18.6 Å². The number of hydrogen-bond acceptors (Lipinski definition) is 4. The van der Waals surface area contributed by atoms with Gasteiger partial charge in [0.25, 0.3) is 0 Å². The molecule has 0 aliphatic carbocycles. The number of benzene rings is 2. The van der Waals surface area contributed by atoms with Crippen molar-refractivity contribution in [1.82, 2.24) is 0 Å². The Balaban J connectivity index is 1.84. The van der Waals surface area contributed by atoms with Crippen LogP contribution in [0.4, 0.5) is 0 Å². The first-order valence-electron chi connectivity index (χ1n) is 6.41. The van der Waals surface area contributed by atoms with Crippen LogP contribution in [0.5, 0.6) is 11.5 Å². The minimum absolute atomic E-state index is 0.293. The van der Waals surface area contributed by atoms with Crippen molar-refractivity contribution in [3.05, 3.63) is 53.6 Å². The van der Waals surface area contributed by atoms with E-state index in [9.17, 15) is 4.79 Å². The minimum atomic E-state index is -0.293. The summed E-state index contributed by atoms with van der Waals surface area (Å²) in [5, 5.41) is 0.695. The van der Waals surface area contributed by atoms with Crippen molar-refractivity contribution in [1.29, 1.82) is 0 Å². The van der Waals surface area contributed by atoms with Crippen LogP contribution in [0.15, 0.2) is 53.4 Å². The highest BCUT2D eigenvalue weighted by Gasteiger charge is 2.10. The van der Waals surface area contributed by atoms with Crippen LogP contribution in [0.3, 0.4) is 0 Å². The maximum absolute atomic E-state index is 11.8. The van der Waals surface area contributed by atoms with Crippen LogP contribution in [0.2, 0.25) is 5.02 Å². The van der Waals surface area contributed by atoms with Gasteiger partial charge in [0.15, 0.2) is 11.5 Å². The molecule has 0 aliphatic rings. The molecule has 5 heteroatoms. The molecule has 0 aliphatic heterocycles. The predicted octanol–water partition coefficient (Wildman–Crippen LogP) is 4.44. The number of rotatable bonds is 6. The van der Waals surface area contributed by atoms with Crippen LogP contribution in [-0.2, 0) is 4.79 Å². The van der Waals surface area contributed by atoms with E-state index >= 15 is 0 Å². The van der Waals surface area contributed by atoms with Gasteiger partial charge in [-0.05, 0) is 24.3 Å². The number of para-hydroxylation sites is 2. The first kappa shape index (κ1) is 15.7. The number of halogens is 1. The number of hydrogen-bond donors (Lipinski definition) is 0. The molecule has 2 aromatic rings. The van der Waals surface area contributed by atoms with Gasteiger partial charge in [0, 0.05) is 10.6 Å². The van der Waals surface area contributed by atoms with Gasteiger partial charge in [-0.25, -0.2) is 0 Å². The molecule has 0 spiro atoms. The van der Waals surface area contributed by atoms with Gasteiger partial charge in [0.1, 0.15) is 0 Å². The Morgan fingerprint density at radius 1 is 1.10 bits per heavy atom. The van der Waals surface area contributed by atoms with E-state index in [2.05, 4.69) is 0 Å². The van der Waals surface area contributed by atoms with E-state index in [0.717, 1.165) is 4.90 Å². The van der Waals surface area contributed by atoms with E-state index in [1.54, 1.807) is 25.3 Å². The van der Waals surface area contributed by atoms with Crippen molar-refractivity contribution in [2.24, 2.45) is 0 Å². The highest BCUT2D eigenvalue weighted by molar-refractivity contribution is 7.99. The molecule has 0 N–H and O–H groups in total. The highest BCUT2D eigenvalue weighted by atomic mass is 35.5. The predicted molar refractivity (Wildman–Crippen MR) is 85.4 cm³/mol. The van der Waals surface area contributed by atoms with Crippen LogP contribution >= 0.6 is 23.4 Å². The monoisotopic (exact) mass is 322 g/mol. The van der Waals surface area contributed by atoms with Crippen molar-refractivity contribution >= 4 is 29.3 Å². The zero-order valence-corrected chi connectivity index (χ0v) is 13.1. The third-order valence-electron chi connectivity index (χ3n) is 2.69. The third kappa shape index (κ3) is 4.69. The second kappa shape index (κ2) is 7.96. The molecule has 0 saturated carbocycles. The molecular formula is C16H15ClO3S. The van der Waals surface area contributed by atoms with Crippen molar-refractivity contribution in [3.63, 3.8) is 0 Å². The highest BCUT2D eigenvalue weighted by Crippen LogP contribution is 2.28. The molecule has 3 nitrogen and oxygen atoms in total. The van der Waals surface area contributed by atoms with Crippen LogP contribution in [-0.4, -0.2) is 18.8 Å². The number of ether oxygens (including phenoxy) is 2. The van der Waals surface area contributed by atoms with Crippen LogP contribution in [0.25, 0.3) is 0 Å². The average Bonchev–Trinajstić information content (AvgIpc) is 2.50. The van der Waals surface area contributed by atoms with E-state index in [4.69, 9.17) is 21.1 Å². The zero-order valence-electron chi connectivity index (χ0n) is 11.5. The second-order valence-corrected chi connectivity index (χ2v) is 5.70. The first-order chi connectivity index (χ1) is 10.2. The Bertz CT molecular complexity index is 616. The summed E-state index contributed by atoms with van der Waals surface area (Å²) in [5.41, 5.74) is 0. The summed E-state index contributed by atoms with van der Waals surface area (Å²) in [6.07, 6.45) is 0.300. The molecule has 0 saturated heterocycles. The maximum Gasteiger partial charge on any atom is 0.312 e. The van der Waals surface area contributed by atoms with Gasteiger partial charge in [-0.15, -0.1) is 11.8 Å². The molecule has 0 bridgehead atoms. The molecule has 0 atom stereocenters. The van der Waals surface area contributed by atoms with Crippen LogP contribution in [0, 0.1) is 0 Å². The summed E-state index contributed by atoms with van der Waals surface area (Å²) < 4.78 is 10.4. The summed E-state index contributed by atoms with van der Waals surface area (Å²) in [6, 6.07) is 14.6. The third-order valence-corrected chi connectivity index (χ3v) is 4.21. The Morgan fingerprint density at radius 3 is 2.48 bits per heavy atom. The quantitative estimate of drug-likeness (QED) is 0.447. The maximum atomic E-state index is 11.8. The molecule has 2 aromatic carbocycles. The van der Waals surface area contributed by atoms with Gasteiger partial charge < -0.3 is 9.47 Å². The fraction of sp³-hybridized carbons (Fsp3) is 0.188. The molecule has 0 unspecified atom stereocenters. The lowest BCUT2D eigenvalue weighted by molar-refractivity contribution is -0.134. The van der Waals surface area contributed by atoms with Gasteiger partial charge >= 0.3 is 5.97 Å². The molecule has 110 valence electrons. The molecule has 0 heterocycles. The summed E-state index contributed by atoms with van der Waals surface area (Å²) in [5.74, 6) is 1.30. The lowest BCUT2D eigenvalue weighted by Crippen LogP contribution is -2.09. The molecule has 0 radical (unpaired) electrons. The van der Waals surface area contributed by atoms with Gasteiger partial charge in [0.2, 0.25) is 0 Å². The van der Waals surface area contributed by atoms with Gasteiger partial charge in [-0.2, -0.15) is 0 Å². The molecule has 2 rings (SSSR count). The van der Waals surface area contributed by atoms with Gasteiger partial charge in [-0.3, -0.25) is 4.79 Å². The molecule has 0 amide bonds. The topological polar surface area (TPSA) is 35.5 Å². The summed E-state index contributed by atoms with van der Waals surface area (Å²) in [6.45, 7) is 0. The largest absolute Gasteiger partial charge is 0.493 e. The van der Waals surface area contributed by atoms with E-state index in [1.165, 1.54) is 11.8 Å². The molecule has 0 fully saturated rings. The van der Waals surface area contributed by atoms with Crippen LogP contribution in [0.1, 0.15) is 6.42 Å². The lowest BCUT2D eigenvalue weighted by atomic mass is 10.3.